The fraction of sp³-hybridized carbons (Fsp3) is 0.727. The van der Waals surface area contributed by atoms with Crippen molar-refractivity contribution in [3.8, 4) is 0 Å². The summed E-state index contributed by atoms with van der Waals surface area (Å²) in [6, 6.07) is 0.477. The van der Waals surface area contributed by atoms with Crippen LogP contribution in [0.2, 0.25) is 0 Å². The van der Waals surface area contributed by atoms with Crippen molar-refractivity contribution >= 4 is 11.5 Å². The average molecular weight is 208 g/mol. The largest absolute Gasteiger partial charge is 0.394 e. The second-order valence-corrected chi connectivity index (χ2v) is 4.58. The molecule has 0 amide bonds. The lowest BCUT2D eigenvalue weighted by Crippen LogP contribution is -2.24. The molecule has 0 aliphatic heterocycles. The zero-order chi connectivity index (χ0) is 10.8. The number of nitrogens with zero attached hydrogens (tertiary/aromatic N) is 2. The topological polar surface area (TPSA) is 55.9 Å². The minimum absolute atomic E-state index is 0.477. The van der Waals surface area contributed by atoms with Gasteiger partial charge in [-0.15, -0.1) is 0 Å². The smallest absolute Gasteiger partial charge is 0.171 e. The highest BCUT2D eigenvalue weighted by Crippen LogP contribution is 2.29. The maximum Gasteiger partial charge on any atom is 0.171 e. The molecule has 3 N–H and O–H groups in total. The van der Waals surface area contributed by atoms with Gasteiger partial charge in [0.05, 0.1) is 5.69 Å². The first-order valence-corrected chi connectivity index (χ1v) is 5.72. The van der Waals surface area contributed by atoms with Gasteiger partial charge >= 0.3 is 0 Å². The van der Waals surface area contributed by atoms with E-state index in [1.54, 1.807) is 4.68 Å². The summed E-state index contributed by atoms with van der Waals surface area (Å²) in [5, 5.41) is 7.72. The molecule has 1 atom stereocenters. The van der Waals surface area contributed by atoms with Crippen LogP contribution in [0.1, 0.15) is 32.6 Å². The molecular weight excluding hydrogens is 188 g/mol. The van der Waals surface area contributed by atoms with Crippen LogP contribution in [0.3, 0.4) is 0 Å². The summed E-state index contributed by atoms with van der Waals surface area (Å²) in [5.74, 6) is 1.61. The van der Waals surface area contributed by atoms with Gasteiger partial charge in [0, 0.05) is 19.3 Å². The zero-order valence-electron chi connectivity index (χ0n) is 9.53. The molecule has 1 fully saturated rings. The van der Waals surface area contributed by atoms with E-state index in [1.165, 1.54) is 25.7 Å². The van der Waals surface area contributed by atoms with Crippen LogP contribution in [-0.4, -0.2) is 15.8 Å². The molecule has 0 bridgehead atoms. The molecule has 4 nitrogen and oxygen atoms in total. The number of aromatic nitrogens is 2. The van der Waals surface area contributed by atoms with E-state index in [0.29, 0.717) is 6.04 Å². The van der Waals surface area contributed by atoms with Gasteiger partial charge in [-0.1, -0.05) is 12.8 Å². The van der Waals surface area contributed by atoms with Crippen LogP contribution in [0, 0.1) is 5.92 Å². The van der Waals surface area contributed by atoms with E-state index in [1.807, 2.05) is 13.2 Å². The number of hydrogen-bond donors (Lipinski definition) is 2. The van der Waals surface area contributed by atoms with Crippen molar-refractivity contribution in [3.63, 3.8) is 0 Å². The summed E-state index contributed by atoms with van der Waals surface area (Å²) in [6.07, 6.45) is 7.24. The number of aryl methyl sites for hydroxylation is 1. The highest BCUT2D eigenvalue weighted by Gasteiger charge is 2.22. The Balaban J connectivity index is 1.98. The Morgan fingerprint density at radius 1 is 1.53 bits per heavy atom. The maximum atomic E-state index is 5.84. The van der Waals surface area contributed by atoms with Crippen molar-refractivity contribution in [3.05, 3.63) is 6.20 Å². The van der Waals surface area contributed by atoms with Gasteiger partial charge in [0.1, 0.15) is 0 Å². The summed E-state index contributed by atoms with van der Waals surface area (Å²) < 4.78 is 1.75. The van der Waals surface area contributed by atoms with Crippen LogP contribution in [0.5, 0.6) is 0 Å². The Bertz CT molecular complexity index is 325. The Hall–Kier alpha value is -1.19. The standard InChI is InChI=1S/C11H20N4/c1-8(9-5-3-4-6-9)13-11-10(12)7-15(2)14-11/h7-9H,3-6,12H2,1-2H3,(H,13,14). The highest BCUT2D eigenvalue weighted by atomic mass is 15.3. The van der Waals surface area contributed by atoms with E-state index in [2.05, 4.69) is 17.3 Å². The van der Waals surface area contributed by atoms with Crippen molar-refractivity contribution in [1.82, 2.24) is 9.78 Å². The van der Waals surface area contributed by atoms with Crippen LogP contribution in [0.15, 0.2) is 6.20 Å². The normalized spacial score (nSPS) is 19.3. The number of nitrogens with two attached hydrogens (primary N) is 1. The molecule has 1 aliphatic rings. The van der Waals surface area contributed by atoms with E-state index in [4.69, 9.17) is 5.73 Å². The average Bonchev–Trinajstić information content (AvgIpc) is 2.76. The van der Waals surface area contributed by atoms with Crippen molar-refractivity contribution in [2.45, 2.75) is 38.6 Å². The molecule has 0 saturated heterocycles. The van der Waals surface area contributed by atoms with Gasteiger partial charge in [0.25, 0.3) is 0 Å². The fourth-order valence-electron chi connectivity index (χ4n) is 2.41. The van der Waals surface area contributed by atoms with Crippen molar-refractivity contribution < 1.29 is 0 Å². The molecule has 0 aromatic carbocycles. The number of nitrogens with one attached hydrogen (secondary N) is 1. The maximum absolute atomic E-state index is 5.84. The molecule has 1 aromatic rings. The third kappa shape index (κ3) is 2.25. The number of anilines is 2. The van der Waals surface area contributed by atoms with Gasteiger partial charge in [0.2, 0.25) is 0 Å². The Morgan fingerprint density at radius 2 is 2.20 bits per heavy atom. The third-order valence-electron chi connectivity index (χ3n) is 3.33. The second kappa shape index (κ2) is 4.13. The molecule has 0 radical (unpaired) electrons. The van der Waals surface area contributed by atoms with E-state index < -0.39 is 0 Å². The second-order valence-electron chi connectivity index (χ2n) is 4.58. The Morgan fingerprint density at radius 3 is 2.73 bits per heavy atom. The van der Waals surface area contributed by atoms with Crippen LogP contribution in [-0.2, 0) is 7.05 Å². The van der Waals surface area contributed by atoms with Crippen LogP contribution in [0.25, 0.3) is 0 Å². The predicted molar refractivity (Wildman–Crippen MR) is 62.7 cm³/mol. The summed E-state index contributed by atoms with van der Waals surface area (Å²) in [6.45, 7) is 2.23. The van der Waals surface area contributed by atoms with Gasteiger partial charge < -0.3 is 11.1 Å². The fourth-order valence-corrected chi connectivity index (χ4v) is 2.41. The molecule has 15 heavy (non-hydrogen) atoms. The summed E-state index contributed by atoms with van der Waals surface area (Å²) >= 11 is 0. The number of nitrogen functional groups attached to an aromatic ring is 1. The highest BCUT2D eigenvalue weighted by molar-refractivity contribution is 5.60. The van der Waals surface area contributed by atoms with Crippen molar-refractivity contribution in [2.75, 3.05) is 11.1 Å². The lowest BCUT2D eigenvalue weighted by molar-refractivity contribution is 0.480. The monoisotopic (exact) mass is 208 g/mol. The van der Waals surface area contributed by atoms with Crippen molar-refractivity contribution in [2.24, 2.45) is 13.0 Å². The lowest BCUT2D eigenvalue weighted by Gasteiger charge is -2.20. The molecule has 4 heteroatoms. The van der Waals surface area contributed by atoms with Gasteiger partial charge in [-0.3, -0.25) is 4.68 Å². The van der Waals surface area contributed by atoms with Gasteiger partial charge in [0.15, 0.2) is 5.82 Å². The molecule has 1 heterocycles. The first kappa shape index (κ1) is 10.3. The quantitative estimate of drug-likeness (QED) is 0.798. The molecule has 1 saturated carbocycles. The van der Waals surface area contributed by atoms with Crippen LogP contribution >= 0.6 is 0 Å². The first-order chi connectivity index (χ1) is 7.16. The summed E-state index contributed by atoms with van der Waals surface area (Å²) in [4.78, 5) is 0. The van der Waals surface area contributed by atoms with E-state index in [9.17, 15) is 0 Å². The predicted octanol–water partition coefficient (Wildman–Crippen LogP) is 1.99. The number of hydrogen-bond acceptors (Lipinski definition) is 3. The van der Waals surface area contributed by atoms with Gasteiger partial charge in [-0.2, -0.15) is 5.10 Å². The minimum atomic E-state index is 0.477. The van der Waals surface area contributed by atoms with Crippen LogP contribution in [0.4, 0.5) is 11.5 Å². The molecule has 2 rings (SSSR count). The molecule has 1 aromatic heterocycles. The first-order valence-electron chi connectivity index (χ1n) is 5.72. The summed E-state index contributed by atoms with van der Waals surface area (Å²) in [5.41, 5.74) is 6.58. The molecule has 0 spiro atoms. The SMILES string of the molecule is CC(Nc1nn(C)cc1N)C1CCCC1. The summed E-state index contributed by atoms with van der Waals surface area (Å²) in [7, 11) is 1.89. The zero-order valence-corrected chi connectivity index (χ0v) is 9.53. The Labute approximate surface area is 90.8 Å². The van der Waals surface area contributed by atoms with E-state index in [0.717, 1.165) is 17.4 Å². The third-order valence-corrected chi connectivity index (χ3v) is 3.33. The minimum Gasteiger partial charge on any atom is -0.394 e. The van der Waals surface area contributed by atoms with Crippen molar-refractivity contribution in [1.29, 1.82) is 0 Å². The van der Waals surface area contributed by atoms with Gasteiger partial charge in [-0.25, -0.2) is 0 Å². The lowest BCUT2D eigenvalue weighted by atomic mass is 10.00. The van der Waals surface area contributed by atoms with Gasteiger partial charge in [-0.05, 0) is 25.7 Å². The van der Waals surface area contributed by atoms with E-state index >= 15 is 0 Å². The molecular formula is C11H20N4. The Kier molecular flexibility index (Phi) is 2.84. The molecule has 84 valence electrons. The molecule has 1 unspecified atom stereocenters. The molecule has 1 aliphatic carbocycles. The van der Waals surface area contributed by atoms with Crippen LogP contribution < -0.4 is 11.1 Å². The van der Waals surface area contributed by atoms with E-state index in [-0.39, 0.29) is 0 Å². The number of rotatable bonds is 3.